The summed E-state index contributed by atoms with van der Waals surface area (Å²) in [5, 5.41) is 9.17. The van der Waals surface area contributed by atoms with Crippen LogP contribution in [0.25, 0.3) is 0 Å². The van der Waals surface area contributed by atoms with Crippen molar-refractivity contribution in [3.05, 3.63) is 0 Å². The number of hydrogen-bond acceptors (Lipinski definition) is 3. The average molecular weight is 202 g/mol. The third kappa shape index (κ3) is 7.30. The fourth-order valence-corrected chi connectivity index (χ4v) is 1.28. The molecule has 0 rings (SSSR count). The van der Waals surface area contributed by atoms with Gasteiger partial charge in [0.15, 0.2) is 0 Å². The van der Waals surface area contributed by atoms with Gasteiger partial charge in [-0.3, -0.25) is 0 Å². The van der Waals surface area contributed by atoms with E-state index in [1.54, 1.807) is 0 Å². The van der Waals surface area contributed by atoms with Gasteiger partial charge < -0.3 is 14.9 Å². The zero-order chi connectivity index (χ0) is 11.1. The van der Waals surface area contributed by atoms with Gasteiger partial charge in [-0.2, -0.15) is 0 Å². The van der Waals surface area contributed by atoms with Crippen molar-refractivity contribution in [2.24, 2.45) is 0 Å². The molecule has 3 heteroatoms. The topological polar surface area (TPSA) is 26.7 Å². The minimum absolute atomic E-state index is 0.182. The fraction of sp³-hybridized carbons (Fsp3) is 1.00. The van der Waals surface area contributed by atoms with E-state index in [0.717, 1.165) is 19.5 Å². The lowest BCUT2D eigenvalue weighted by Crippen LogP contribution is -2.33. The lowest BCUT2D eigenvalue weighted by atomic mass is 10.2. The van der Waals surface area contributed by atoms with E-state index in [4.69, 9.17) is 5.11 Å². The zero-order valence-electron chi connectivity index (χ0n) is 10.3. The molecule has 86 valence electrons. The summed E-state index contributed by atoms with van der Waals surface area (Å²) in [6.07, 6.45) is 1.87. The maximum Gasteiger partial charge on any atom is 0.0524 e. The van der Waals surface area contributed by atoms with Gasteiger partial charge in [-0.15, -0.1) is 0 Å². The predicted molar refractivity (Wildman–Crippen MR) is 61.6 cm³/mol. The summed E-state index contributed by atoms with van der Waals surface area (Å²) in [4.78, 5) is 4.52. The van der Waals surface area contributed by atoms with E-state index in [1.165, 1.54) is 6.42 Å². The van der Waals surface area contributed by atoms with Crippen molar-refractivity contribution in [2.75, 3.05) is 34.2 Å². The lowest BCUT2D eigenvalue weighted by Gasteiger charge is -2.26. The second-order valence-corrected chi connectivity index (χ2v) is 4.56. The number of rotatable bonds is 7. The van der Waals surface area contributed by atoms with E-state index in [1.807, 2.05) is 6.92 Å². The van der Waals surface area contributed by atoms with Gasteiger partial charge in [0.05, 0.1) is 6.10 Å². The summed E-state index contributed by atoms with van der Waals surface area (Å²) in [5.41, 5.74) is 0. The first-order valence-electron chi connectivity index (χ1n) is 5.46. The molecular formula is C11H26N2O. The summed E-state index contributed by atoms with van der Waals surface area (Å²) in [5.74, 6) is 0. The molecule has 0 bridgehead atoms. The largest absolute Gasteiger partial charge is 0.393 e. The number of aliphatic hydroxyl groups excluding tert-OH is 1. The Balaban J connectivity index is 3.59. The van der Waals surface area contributed by atoms with E-state index >= 15 is 0 Å². The SMILES string of the molecule is CC(O)CCN(C)C(C)CCN(C)C. The van der Waals surface area contributed by atoms with Crippen molar-refractivity contribution in [3.8, 4) is 0 Å². The molecule has 0 aliphatic rings. The van der Waals surface area contributed by atoms with Crippen LogP contribution in [0.1, 0.15) is 26.7 Å². The second kappa shape index (κ2) is 7.21. The average Bonchev–Trinajstić information content (AvgIpc) is 2.09. The molecule has 0 saturated heterocycles. The molecule has 0 aromatic carbocycles. The molecule has 0 aliphatic carbocycles. The van der Waals surface area contributed by atoms with Crippen LogP contribution in [0.3, 0.4) is 0 Å². The Kier molecular flexibility index (Phi) is 7.15. The Morgan fingerprint density at radius 2 is 1.57 bits per heavy atom. The maximum atomic E-state index is 9.17. The van der Waals surface area contributed by atoms with Gasteiger partial charge in [0, 0.05) is 12.6 Å². The first kappa shape index (κ1) is 13.9. The fourth-order valence-electron chi connectivity index (χ4n) is 1.28. The van der Waals surface area contributed by atoms with Crippen LogP contribution in [0.2, 0.25) is 0 Å². The highest BCUT2D eigenvalue weighted by Gasteiger charge is 2.09. The monoisotopic (exact) mass is 202 g/mol. The van der Waals surface area contributed by atoms with Crippen LogP contribution >= 0.6 is 0 Å². The normalized spacial score (nSPS) is 16.3. The summed E-state index contributed by atoms with van der Waals surface area (Å²) >= 11 is 0. The van der Waals surface area contributed by atoms with Crippen molar-refractivity contribution >= 4 is 0 Å². The standard InChI is InChI=1S/C11H26N2O/c1-10(6-8-12(3)4)13(5)9-7-11(2)14/h10-11,14H,6-9H2,1-5H3. The van der Waals surface area contributed by atoms with E-state index in [2.05, 4.69) is 37.9 Å². The van der Waals surface area contributed by atoms with E-state index in [9.17, 15) is 0 Å². The van der Waals surface area contributed by atoms with Crippen LogP contribution in [-0.4, -0.2) is 61.3 Å². The molecule has 0 fully saturated rings. The van der Waals surface area contributed by atoms with Gasteiger partial charge >= 0.3 is 0 Å². The second-order valence-electron chi connectivity index (χ2n) is 4.56. The van der Waals surface area contributed by atoms with Crippen LogP contribution in [-0.2, 0) is 0 Å². The maximum absolute atomic E-state index is 9.17. The molecule has 0 heterocycles. The Labute approximate surface area is 88.7 Å². The molecule has 0 spiro atoms. The van der Waals surface area contributed by atoms with Crippen LogP contribution < -0.4 is 0 Å². The Hall–Kier alpha value is -0.120. The van der Waals surface area contributed by atoms with E-state index in [0.29, 0.717) is 6.04 Å². The summed E-state index contributed by atoms with van der Waals surface area (Å²) in [6, 6.07) is 0.594. The smallest absolute Gasteiger partial charge is 0.0524 e. The highest BCUT2D eigenvalue weighted by molar-refractivity contribution is 4.65. The zero-order valence-corrected chi connectivity index (χ0v) is 10.3. The van der Waals surface area contributed by atoms with Gasteiger partial charge in [-0.05, 0) is 54.4 Å². The van der Waals surface area contributed by atoms with Crippen molar-refractivity contribution < 1.29 is 5.11 Å². The van der Waals surface area contributed by atoms with Gasteiger partial charge in [0.2, 0.25) is 0 Å². The van der Waals surface area contributed by atoms with Crippen LogP contribution in [0.4, 0.5) is 0 Å². The van der Waals surface area contributed by atoms with E-state index in [-0.39, 0.29) is 6.10 Å². The first-order chi connectivity index (χ1) is 6.43. The molecule has 3 nitrogen and oxygen atoms in total. The third-order valence-electron chi connectivity index (χ3n) is 2.65. The van der Waals surface area contributed by atoms with Crippen molar-refractivity contribution in [1.82, 2.24) is 9.80 Å². The minimum Gasteiger partial charge on any atom is -0.393 e. The molecule has 14 heavy (non-hydrogen) atoms. The molecule has 0 aliphatic heterocycles. The van der Waals surface area contributed by atoms with Gasteiger partial charge in [-0.1, -0.05) is 0 Å². The highest BCUT2D eigenvalue weighted by atomic mass is 16.3. The predicted octanol–water partition coefficient (Wildman–Crippen LogP) is 1.03. The first-order valence-corrected chi connectivity index (χ1v) is 5.46. The Morgan fingerprint density at radius 3 is 2.00 bits per heavy atom. The molecule has 2 atom stereocenters. The molecule has 0 aromatic heterocycles. The molecule has 0 radical (unpaired) electrons. The summed E-state index contributed by atoms with van der Waals surface area (Å²) in [7, 11) is 6.33. The van der Waals surface area contributed by atoms with E-state index < -0.39 is 0 Å². The minimum atomic E-state index is -0.182. The van der Waals surface area contributed by atoms with Gasteiger partial charge in [-0.25, -0.2) is 0 Å². The van der Waals surface area contributed by atoms with Crippen molar-refractivity contribution in [1.29, 1.82) is 0 Å². The van der Waals surface area contributed by atoms with Gasteiger partial charge in [0.25, 0.3) is 0 Å². The Bertz CT molecular complexity index is 121. The van der Waals surface area contributed by atoms with Crippen molar-refractivity contribution in [2.45, 2.75) is 38.8 Å². The third-order valence-corrected chi connectivity index (χ3v) is 2.65. The number of nitrogens with zero attached hydrogens (tertiary/aromatic N) is 2. The van der Waals surface area contributed by atoms with Crippen LogP contribution in [0, 0.1) is 0 Å². The molecule has 2 unspecified atom stereocenters. The number of aliphatic hydroxyl groups is 1. The lowest BCUT2D eigenvalue weighted by molar-refractivity contribution is 0.148. The quantitative estimate of drug-likeness (QED) is 0.668. The summed E-state index contributed by atoms with van der Waals surface area (Å²) in [6.45, 7) is 6.19. The van der Waals surface area contributed by atoms with Crippen LogP contribution in [0.15, 0.2) is 0 Å². The van der Waals surface area contributed by atoms with Gasteiger partial charge in [0.1, 0.15) is 0 Å². The highest BCUT2D eigenvalue weighted by Crippen LogP contribution is 2.03. The molecule has 0 amide bonds. The molecule has 0 saturated carbocycles. The molecular weight excluding hydrogens is 176 g/mol. The molecule has 1 N–H and O–H groups in total. The molecule has 0 aromatic rings. The summed E-state index contributed by atoms with van der Waals surface area (Å²) < 4.78 is 0. The van der Waals surface area contributed by atoms with Crippen molar-refractivity contribution in [3.63, 3.8) is 0 Å². The Morgan fingerprint density at radius 1 is 1.00 bits per heavy atom. The van der Waals surface area contributed by atoms with Crippen LogP contribution in [0.5, 0.6) is 0 Å². The number of hydrogen-bond donors (Lipinski definition) is 1.